The first-order chi connectivity index (χ1) is 8.63. The zero-order chi connectivity index (χ0) is 13.1. The van der Waals surface area contributed by atoms with Crippen molar-refractivity contribution in [3.63, 3.8) is 0 Å². The SMILES string of the molecule is CC1CCCN(C(=O)c2cncc(Br)c2)C1CO. The Morgan fingerprint density at radius 3 is 3.06 bits per heavy atom. The van der Waals surface area contributed by atoms with E-state index in [4.69, 9.17) is 0 Å². The van der Waals surface area contributed by atoms with Gasteiger partial charge in [0.15, 0.2) is 0 Å². The molecule has 1 fully saturated rings. The van der Waals surface area contributed by atoms with E-state index in [0.29, 0.717) is 18.0 Å². The van der Waals surface area contributed by atoms with Crippen molar-refractivity contribution in [1.82, 2.24) is 9.88 Å². The van der Waals surface area contributed by atoms with Crippen LogP contribution in [-0.4, -0.2) is 40.1 Å². The van der Waals surface area contributed by atoms with Gasteiger partial charge in [-0.05, 0) is 40.8 Å². The van der Waals surface area contributed by atoms with Crippen LogP contribution < -0.4 is 0 Å². The molecule has 1 aliphatic rings. The highest BCUT2D eigenvalue weighted by molar-refractivity contribution is 9.10. The van der Waals surface area contributed by atoms with Crippen molar-refractivity contribution in [2.75, 3.05) is 13.2 Å². The van der Waals surface area contributed by atoms with Crippen LogP contribution in [-0.2, 0) is 0 Å². The predicted molar refractivity (Wildman–Crippen MR) is 72.2 cm³/mol. The lowest BCUT2D eigenvalue weighted by atomic mass is 9.91. The highest BCUT2D eigenvalue weighted by Crippen LogP contribution is 2.25. The molecule has 1 amide bonds. The van der Waals surface area contributed by atoms with Gasteiger partial charge in [-0.15, -0.1) is 0 Å². The van der Waals surface area contributed by atoms with Crippen molar-refractivity contribution in [2.24, 2.45) is 5.92 Å². The Labute approximate surface area is 115 Å². The molecule has 1 aliphatic heterocycles. The van der Waals surface area contributed by atoms with Crippen LogP contribution in [0.25, 0.3) is 0 Å². The number of hydrogen-bond acceptors (Lipinski definition) is 3. The maximum absolute atomic E-state index is 12.4. The van der Waals surface area contributed by atoms with Crippen molar-refractivity contribution in [3.05, 3.63) is 28.5 Å². The normalized spacial score (nSPS) is 24.1. The molecule has 2 unspecified atom stereocenters. The molecule has 2 atom stereocenters. The minimum atomic E-state index is -0.0785. The number of carbonyl (C=O) groups is 1. The summed E-state index contributed by atoms with van der Waals surface area (Å²) in [7, 11) is 0. The van der Waals surface area contributed by atoms with Gasteiger partial charge in [-0.25, -0.2) is 0 Å². The van der Waals surface area contributed by atoms with E-state index in [-0.39, 0.29) is 18.6 Å². The molecule has 0 radical (unpaired) electrons. The lowest BCUT2D eigenvalue weighted by Crippen LogP contribution is -2.49. The average molecular weight is 313 g/mol. The number of likely N-dealkylation sites (tertiary alicyclic amines) is 1. The van der Waals surface area contributed by atoms with Gasteiger partial charge in [-0.3, -0.25) is 9.78 Å². The van der Waals surface area contributed by atoms with E-state index < -0.39 is 0 Å². The summed E-state index contributed by atoms with van der Waals surface area (Å²) in [4.78, 5) is 18.2. The standard InChI is InChI=1S/C13H17BrN2O2/c1-9-3-2-4-16(12(9)8-17)13(18)10-5-11(14)7-15-6-10/h5-7,9,12,17H,2-4,8H2,1H3. The predicted octanol–water partition coefficient (Wildman–Crippen LogP) is 2.08. The molecule has 0 bridgehead atoms. The first kappa shape index (κ1) is 13.5. The summed E-state index contributed by atoms with van der Waals surface area (Å²) in [6.45, 7) is 2.81. The Balaban J connectivity index is 2.21. The van der Waals surface area contributed by atoms with E-state index in [1.165, 1.54) is 0 Å². The van der Waals surface area contributed by atoms with Crippen LogP contribution in [0.4, 0.5) is 0 Å². The molecule has 0 spiro atoms. The molecule has 1 aromatic rings. The zero-order valence-corrected chi connectivity index (χ0v) is 11.9. The zero-order valence-electron chi connectivity index (χ0n) is 10.3. The molecule has 2 heterocycles. The first-order valence-corrected chi connectivity index (χ1v) is 6.95. The summed E-state index contributed by atoms with van der Waals surface area (Å²) in [6, 6.07) is 1.69. The van der Waals surface area contributed by atoms with Crippen molar-refractivity contribution in [2.45, 2.75) is 25.8 Å². The average Bonchev–Trinajstić information content (AvgIpc) is 2.37. The fourth-order valence-electron chi connectivity index (χ4n) is 2.47. The number of hydrogen-bond donors (Lipinski definition) is 1. The van der Waals surface area contributed by atoms with Gasteiger partial charge in [0.05, 0.1) is 18.2 Å². The molecule has 0 aliphatic carbocycles. The number of piperidine rings is 1. The maximum Gasteiger partial charge on any atom is 0.255 e. The van der Waals surface area contributed by atoms with Crippen LogP contribution >= 0.6 is 15.9 Å². The summed E-state index contributed by atoms with van der Waals surface area (Å²) >= 11 is 3.32. The minimum Gasteiger partial charge on any atom is -0.394 e. The molecule has 0 aromatic carbocycles. The largest absolute Gasteiger partial charge is 0.394 e. The molecule has 1 saturated heterocycles. The Morgan fingerprint density at radius 2 is 2.39 bits per heavy atom. The highest BCUT2D eigenvalue weighted by atomic mass is 79.9. The van der Waals surface area contributed by atoms with Crippen LogP contribution in [0.3, 0.4) is 0 Å². The number of aromatic nitrogens is 1. The third kappa shape index (κ3) is 2.72. The summed E-state index contributed by atoms with van der Waals surface area (Å²) < 4.78 is 0.791. The Morgan fingerprint density at radius 1 is 1.61 bits per heavy atom. The quantitative estimate of drug-likeness (QED) is 0.909. The lowest BCUT2D eigenvalue weighted by molar-refractivity contribution is 0.0358. The fourth-order valence-corrected chi connectivity index (χ4v) is 2.84. The van der Waals surface area contributed by atoms with Gasteiger partial charge in [-0.1, -0.05) is 6.92 Å². The molecular formula is C13H17BrN2O2. The van der Waals surface area contributed by atoms with Crippen molar-refractivity contribution >= 4 is 21.8 Å². The smallest absolute Gasteiger partial charge is 0.255 e. The van der Waals surface area contributed by atoms with Gasteiger partial charge >= 0.3 is 0 Å². The van der Waals surface area contributed by atoms with E-state index >= 15 is 0 Å². The molecular weight excluding hydrogens is 296 g/mol. The van der Waals surface area contributed by atoms with Crippen LogP contribution in [0.5, 0.6) is 0 Å². The summed E-state index contributed by atoms with van der Waals surface area (Å²) in [5.74, 6) is 0.294. The van der Waals surface area contributed by atoms with Crippen LogP contribution in [0.2, 0.25) is 0 Å². The molecule has 2 rings (SSSR count). The van der Waals surface area contributed by atoms with E-state index in [1.807, 2.05) is 0 Å². The number of nitrogens with zero attached hydrogens (tertiary/aromatic N) is 2. The number of amides is 1. The monoisotopic (exact) mass is 312 g/mol. The molecule has 0 saturated carbocycles. The van der Waals surface area contributed by atoms with Gasteiger partial charge < -0.3 is 10.0 Å². The highest BCUT2D eigenvalue weighted by Gasteiger charge is 2.31. The lowest BCUT2D eigenvalue weighted by Gasteiger charge is -2.39. The molecule has 5 heteroatoms. The van der Waals surface area contributed by atoms with E-state index in [2.05, 4.69) is 27.8 Å². The number of rotatable bonds is 2. The van der Waals surface area contributed by atoms with Gasteiger partial charge in [0, 0.05) is 23.4 Å². The second kappa shape index (κ2) is 5.80. The van der Waals surface area contributed by atoms with Gasteiger partial charge in [0.1, 0.15) is 0 Å². The van der Waals surface area contributed by atoms with Crippen LogP contribution in [0.15, 0.2) is 22.9 Å². The number of pyridine rings is 1. The molecule has 1 aromatic heterocycles. The van der Waals surface area contributed by atoms with Gasteiger partial charge in [-0.2, -0.15) is 0 Å². The minimum absolute atomic E-state index is 0.0222. The van der Waals surface area contributed by atoms with E-state index in [0.717, 1.165) is 17.3 Å². The van der Waals surface area contributed by atoms with Crippen LogP contribution in [0.1, 0.15) is 30.1 Å². The van der Waals surface area contributed by atoms with Crippen molar-refractivity contribution in [3.8, 4) is 0 Å². The fraction of sp³-hybridized carbons (Fsp3) is 0.538. The van der Waals surface area contributed by atoms with Crippen molar-refractivity contribution < 1.29 is 9.90 Å². The number of carbonyl (C=O) groups excluding carboxylic acids is 1. The third-order valence-corrected chi connectivity index (χ3v) is 3.95. The maximum atomic E-state index is 12.4. The van der Waals surface area contributed by atoms with Gasteiger partial charge in [0.2, 0.25) is 0 Å². The molecule has 98 valence electrons. The topological polar surface area (TPSA) is 53.4 Å². The Hall–Kier alpha value is -0.940. The Bertz CT molecular complexity index is 439. The summed E-state index contributed by atoms with van der Waals surface area (Å²) in [6.07, 6.45) is 5.27. The van der Waals surface area contributed by atoms with Crippen LogP contribution in [0, 0.1) is 5.92 Å². The van der Waals surface area contributed by atoms with E-state index in [1.54, 1.807) is 23.4 Å². The molecule has 1 N–H and O–H groups in total. The Kier molecular flexibility index (Phi) is 4.35. The van der Waals surface area contributed by atoms with E-state index in [9.17, 15) is 9.90 Å². The number of aliphatic hydroxyl groups is 1. The molecule has 18 heavy (non-hydrogen) atoms. The first-order valence-electron chi connectivity index (χ1n) is 6.16. The summed E-state index contributed by atoms with van der Waals surface area (Å²) in [5.41, 5.74) is 0.567. The summed E-state index contributed by atoms with van der Waals surface area (Å²) in [5, 5.41) is 9.46. The number of halogens is 1. The third-order valence-electron chi connectivity index (χ3n) is 3.52. The molecule has 4 nitrogen and oxygen atoms in total. The second-order valence-electron chi connectivity index (χ2n) is 4.76. The number of aliphatic hydroxyl groups excluding tert-OH is 1. The second-order valence-corrected chi connectivity index (χ2v) is 5.68. The van der Waals surface area contributed by atoms with Crippen molar-refractivity contribution in [1.29, 1.82) is 0 Å². The van der Waals surface area contributed by atoms with Gasteiger partial charge in [0.25, 0.3) is 5.91 Å².